The van der Waals surface area contributed by atoms with Crippen molar-refractivity contribution in [2.45, 2.75) is 6.61 Å². The van der Waals surface area contributed by atoms with Crippen LogP contribution in [0.5, 0.6) is 11.5 Å². The highest BCUT2D eigenvalue weighted by atomic mass is 127. The van der Waals surface area contributed by atoms with Crippen molar-refractivity contribution in [2.24, 2.45) is 0 Å². The van der Waals surface area contributed by atoms with Crippen LogP contribution in [-0.4, -0.2) is 7.11 Å². The van der Waals surface area contributed by atoms with Gasteiger partial charge in [-0.3, -0.25) is 0 Å². The Hall–Kier alpha value is -1.30. The number of methoxy groups -OCH3 is 1. The minimum atomic E-state index is -0.319. The number of ether oxygens (including phenoxy) is 2. The number of rotatable bonds is 4. The highest BCUT2D eigenvalue weighted by Gasteiger charge is 2.06. The fraction of sp³-hybridized carbons (Fsp3) is 0.143. The minimum absolute atomic E-state index is 0.204. The first-order valence-electron chi connectivity index (χ1n) is 5.40. The highest BCUT2D eigenvalue weighted by molar-refractivity contribution is 14.1. The van der Waals surface area contributed by atoms with E-state index in [0.29, 0.717) is 11.3 Å². The topological polar surface area (TPSA) is 18.5 Å². The highest BCUT2D eigenvalue weighted by Crippen LogP contribution is 2.22. The lowest BCUT2D eigenvalue weighted by molar-refractivity contribution is 0.297. The molecule has 0 spiro atoms. The van der Waals surface area contributed by atoms with E-state index in [0.717, 1.165) is 9.32 Å². The summed E-state index contributed by atoms with van der Waals surface area (Å²) >= 11 is 2.18. The van der Waals surface area contributed by atoms with E-state index in [4.69, 9.17) is 9.47 Å². The number of hydrogen-bond acceptors (Lipinski definition) is 2. The molecule has 2 nitrogen and oxygen atoms in total. The molecule has 4 heteroatoms. The number of benzene rings is 2. The van der Waals surface area contributed by atoms with Gasteiger partial charge in [0.1, 0.15) is 23.9 Å². The van der Waals surface area contributed by atoms with Gasteiger partial charge in [0.25, 0.3) is 0 Å². The van der Waals surface area contributed by atoms with E-state index in [1.165, 1.54) is 13.2 Å². The van der Waals surface area contributed by atoms with Crippen molar-refractivity contribution in [2.75, 3.05) is 7.11 Å². The van der Waals surface area contributed by atoms with Crippen LogP contribution in [-0.2, 0) is 6.61 Å². The van der Waals surface area contributed by atoms with Gasteiger partial charge < -0.3 is 9.47 Å². The van der Waals surface area contributed by atoms with Gasteiger partial charge in [-0.1, -0.05) is 12.1 Å². The molecule has 0 N–H and O–H groups in total. The number of halogens is 2. The predicted octanol–water partition coefficient (Wildman–Crippen LogP) is 4.02. The maximum Gasteiger partial charge on any atom is 0.133 e. The van der Waals surface area contributed by atoms with Crippen LogP contribution in [0.25, 0.3) is 0 Å². The molecule has 0 aliphatic carbocycles. The Morgan fingerprint density at radius 1 is 1.17 bits per heavy atom. The summed E-state index contributed by atoms with van der Waals surface area (Å²) in [6.45, 7) is 0.204. The molecule has 0 radical (unpaired) electrons. The summed E-state index contributed by atoms with van der Waals surface area (Å²) in [5.74, 6) is 0.944. The summed E-state index contributed by atoms with van der Waals surface area (Å²) in [6, 6.07) is 12.4. The van der Waals surface area contributed by atoms with E-state index in [9.17, 15) is 4.39 Å². The second-order valence-corrected chi connectivity index (χ2v) is 4.84. The summed E-state index contributed by atoms with van der Waals surface area (Å²) in [5.41, 5.74) is 0.510. The molecule has 0 aliphatic heterocycles. The van der Waals surface area contributed by atoms with Gasteiger partial charge >= 0.3 is 0 Å². The molecule has 0 saturated heterocycles. The summed E-state index contributed by atoms with van der Waals surface area (Å²) in [7, 11) is 1.51. The molecule has 0 aliphatic rings. The molecule has 2 aromatic rings. The zero-order valence-electron chi connectivity index (χ0n) is 9.82. The standard InChI is InChI=1S/C14H12FIO2/c1-17-11-7-6-10(12(15)8-11)9-18-14-5-3-2-4-13(14)16/h2-8H,9H2,1H3. The third-order valence-corrected chi connectivity index (χ3v) is 3.37. The largest absolute Gasteiger partial charge is 0.497 e. The first-order chi connectivity index (χ1) is 8.70. The van der Waals surface area contributed by atoms with Gasteiger partial charge in [-0.25, -0.2) is 4.39 Å². The van der Waals surface area contributed by atoms with Crippen LogP contribution < -0.4 is 9.47 Å². The van der Waals surface area contributed by atoms with Crippen molar-refractivity contribution in [3.8, 4) is 11.5 Å². The second-order valence-electron chi connectivity index (χ2n) is 3.68. The lowest BCUT2D eigenvalue weighted by Gasteiger charge is -2.09. The Kier molecular flexibility index (Phi) is 4.41. The van der Waals surface area contributed by atoms with Crippen molar-refractivity contribution in [3.63, 3.8) is 0 Å². The fourth-order valence-corrected chi connectivity index (χ4v) is 2.03. The van der Waals surface area contributed by atoms with Crippen LogP contribution >= 0.6 is 22.6 Å². The summed E-state index contributed by atoms with van der Waals surface area (Å²) in [4.78, 5) is 0. The molecular formula is C14H12FIO2. The van der Waals surface area contributed by atoms with E-state index in [1.54, 1.807) is 12.1 Å². The van der Waals surface area contributed by atoms with Crippen molar-refractivity contribution >= 4 is 22.6 Å². The molecule has 2 rings (SSSR count). The van der Waals surface area contributed by atoms with Crippen molar-refractivity contribution in [1.29, 1.82) is 0 Å². The van der Waals surface area contributed by atoms with Crippen LogP contribution in [0.3, 0.4) is 0 Å². The summed E-state index contributed by atoms with van der Waals surface area (Å²) in [5, 5.41) is 0. The van der Waals surface area contributed by atoms with Gasteiger partial charge in [0.2, 0.25) is 0 Å². The Morgan fingerprint density at radius 3 is 2.61 bits per heavy atom. The first-order valence-corrected chi connectivity index (χ1v) is 6.48. The van der Waals surface area contributed by atoms with Gasteiger partial charge in [0, 0.05) is 11.6 Å². The van der Waals surface area contributed by atoms with Gasteiger partial charge in [0.15, 0.2) is 0 Å². The van der Waals surface area contributed by atoms with Crippen LogP contribution in [0.15, 0.2) is 42.5 Å². The second kappa shape index (κ2) is 6.04. The Bertz CT molecular complexity index is 543. The number of para-hydroxylation sites is 1. The summed E-state index contributed by atoms with van der Waals surface area (Å²) < 4.78 is 25.2. The quantitative estimate of drug-likeness (QED) is 0.769. The maximum absolute atomic E-state index is 13.7. The molecule has 0 atom stereocenters. The van der Waals surface area contributed by atoms with Crippen LogP contribution in [0, 0.1) is 9.39 Å². The van der Waals surface area contributed by atoms with E-state index in [-0.39, 0.29) is 12.4 Å². The Labute approximate surface area is 119 Å². The molecule has 94 valence electrons. The lowest BCUT2D eigenvalue weighted by atomic mass is 10.2. The smallest absolute Gasteiger partial charge is 0.133 e. The Balaban J connectivity index is 2.09. The molecule has 0 bridgehead atoms. The zero-order valence-corrected chi connectivity index (χ0v) is 12.0. The van der Waals surface area contributed by atoms with Gasteiger partial charge in [-0.2, -0.15) is 0 Å². The van der Waals surface area contributed by atoms with Crippen LogP contribution in [0.1, 0.15) is 5.56 Å². The van der Waals surface area contributed by atoms with Gasteiger partial charge in [0.05, 0.1) is 10.7 Å². The molecule has 18 heavy (non-hydrogen) atoms. The molecule has 0 heterocycles. The van der Waals surface area contributed by atoms with Crippen molar-refractivity contribution < 1.29 is 13.9 Å². The van der Waals surface area contributed by atoms with E-state index < -0.39 is 0 Å². The predicted molar refractivity (Wildman–Crippen MR) is 76.4 cm³/mol. The first kappa shape index (κ1) is 13.1. The van der Waals surface area contributed by atoms with E-state index in [2.05, 4.69) is 22.6 Å². The molecule has 0 saturated carbocycles. The van der Waals surface area contributed by atoms with Gasteiger partial charge in [-0.15, -0.1) is 0 Å². The van der Waals surface area contributed by atoms with Crippen molar-refractivity contribution in [1.82, 2.24) is 0 Å². The van der Waals surface area contributed by atoms with Crippen molar-refractivity contribution in [3.05, 3.63) is 57.4 Å². The fourth-order valence-electron chi connectivity index (χ4n) is 1.49. The SMILES string of the molecule is COc1ccc(COc2ccccc2I)c(F)c1. The van der Waals surface area contributed by atoms with Gasteiger partial charge in [-0.05, 0) is 46.9 Å². The third kappa shape index (κ3) is 3.13. The molecule has 0 aromatic heterocycles. The molecule has 0 amide bonds. The molecular weight excluding hydrogens is 346 g/mol. The third-order valence-electron chi connectivity index (χ3n) is 2.48. The monoisotopic (exact) mass is 358 g/mol. The van der Waals surface area contributed by atoms with E-state index in [1.807, 2.05) is 24.3 Å². The van der Waals surface area contributed by atoms with Crippen LogP contribution in [0.4, 0.5) is 4.39 Å². The normalized spacial score (nSPS) is 10.2. The minimum Gasteiger partial charge on any atom is -0.497 e. The zero-order chi connectivity index (χ0) is 13.0. The molecule has 0 unspecified atom stereocenters. The Morgan fingerprint density at radius 2 is 1.94 bits per heavy atom. The molecule has 2 aromatic carbocycles. The van der Waals surface area contributed by atoms with Crippen LogP contribution in [0.2, 0.25) is 0 Å². The van der Waals surface area contributed by atoms with E-state index >= 15 is 0 Å². The average molecular weight is 358 g/mol. The maximum atomic E-state index is 13.7. The molecule has 0 fully saturated rings. The average Bonchev–Trinajstić information content (AvgIpc) is 2.39. The summed E-state index contributed by atoms with van der Waals surface area (Å²) in [6.07, 6.45) is 0. The lowest BCUT2D eigenvalue weighted by Crippen LogP contribution is -2.00. The number of hydrogen-bond donors (Lipinski definition) is 0.